The first-order chi connectivity index (χ1) is 8.59. The van der Waals surface area contributed by atoms with Gasteiger partial charge in [0.15, 0.2) is 0 Å². The number of para-hydroxylation sites is 1. The second kappa shape index (κ2) is 3.95. The molecule has 0 amide bonds. The van der Waals surface area contributed by atoms with E-state index < -0.39 is 5.97 Å². The first-order valence-electron chi connectivity index (χ1n) is 5.91. The molecule has 0 atom stereocenters. The largest absolute Gasteiger partial charge is 0.478 e. The number of carbonyl (C=O) groups is 1. The Labute approximate surface area is 109 Å². The molecule has 18 heavy (non-hydrogen) atoms. The van der Waals surface area contributed by atoms with Crippen molar-refractivity contribution in [1.82, 2.24) is 4.98 Å². The van der Waals surface area contributed by atoms with Crippen LogP contribution in [0.25, 0.3) is 10.9 Å². The van der Waals surface area contributed by atoms with Crippen molar-refractivity contribution in [3.05, 3.63) is 40.0 Å². The summed E-state index contributed by atoms with van der Waals surface area (Å²) in [5.74, 6) is -0.507. The first kappa shape index (κ1) is 11.5. The van der Waals surface area contributed by atoms with Gasteiger partial charge in [0.05, 0.1) is 16.1 Å². The molecule has 0 spiro atoms. The van der Waals surface area contributed by atoms with Gasteiger partial charge >= 0.3 is 5.97 Å². The molecular weight excluding hydrogens is 250 g/mol. The summed E-state index contributed by atoms with van der Waals surface area (Å²) in [4.78, 5) is 16.1. The minimum absolute atomic E-state index is 0.337. The molecule has 0 aliphatic heterocycles. The van der Waals surface area contributed by atoms with Gasteiger partial charge in [0.2, 0.25) is 0 Å². The summed E-state index contributed by atoms with van der Waals surface area (Å²) in [6.07, 6.45) is 2.17. The molecule has 1 fully saturated rings. The fraction of sp³-hybridized carbons (Fsp3) is 0.286. The van der Waals surface area contributed by atoms with Crippen molar-refractivity contribution in [1.29, 1.82) is 0 Å². The lowest BCUT2D eigenvalue weighted by Gasteiger charge is -2.11. The van der Waals surface area contributed by atoms with Gasteiger partial charge in [-0.3, -0.25) is 4.98 Å². The van der Waals surface area contributed by atoms with Gasteiger partial charge in [0.25, 0.3) is 0 Å². The van der Waals surface area contributed by atoms with Crippen LogP contribution < -0.4 is 0 Å². The van der Waals surface area contributed by atoms with E-state index in [0.717, 1.165) is 24.1 Å². The maximum absolute atomic E-state index is 11.5. The highest BCUT2D eigenvalue weighted by Gasteiger charge is 2.30. The Morgan fingerprint density at radius 2 is 2.17 bits per heavy atom. The molecule has 1 aliphatic rings. The maximum Gasteiger partial charge on any atom is 0.336 e. The summed E-state index contributed by atoms with van der Waals surface area (Å²) in [6, 6.07) is 5.27. The Balaban J connectivity index is 2.43. The lowest BCUT2D eigenvalue weighted by molar-refractivity contribution is 0.0698. The lowest BCUT2D eigenvalue weighted by Crippen LogP contribution is -2.06. The van der Waals surface area contributed by atoms with Crippen molar-refractivity contribution in [2.24, 2.45) is 0 Å². The predicted octanol–water partition coefficient (Wildman–Crippen LogP) is 3.77. The van der Waals surface area contributed by atoms with Gasteiger partial charge in [-0.1, -0.05) is 23.7 Å². The number of aromatic nitrogens is 1. The number of carboxylic acids is 1. The molecule has 1 aromatic heterocycles. The van der Waals surface area contributed by atoms with Crippen molar-refractivity contribution in [2.75, 3.05) is 0 Å². The Morgan fingerprint density at radius 3 is 2.78 bits per heavy atom. The van der Waals surface area contributed by atoms with E-state index >= 15 is 0 Å². The lowest BCUT2D eigenvalue weighted by atomic mass is 9.99. The van der Waals surface area contributed by atoms with Crippen LogP contribution in [0.4, 0.5) is 0 Å². The molecule has 3 rings (SSSR count). The van der Waals surface area contributed by atoms with Crippen LogP contribution >= 0.6 is 11.6 Å². The standard InChI is InChI=1S/C14H12ClNO2/c1-7-11(14(17)18)9-3-2-4-10(15)13(9)16-12(7)8-5-6-8/h2-4,8H,5-6H2,1H3,(H,17,18). The number of carboxylic acid groups (broad SMARTS) is 1. The molecule has 92 valence electrons. The fourth-order valence-electron chi connectivity index (χ4n) is 2.39. The second-order valence-electron chi connectivity index (χ2n) is 4.71. The third kappa shape index (κ3) is 1.66. The molecule has 4 heteroatoms. The first-order valence-corrected chi connectivity index (χ1v) is 6.29. The average Bonchev–Trinajstić information content (AvgIpc) is 3.12. The third-order valence-electron chi connectivity index (χ3n) is 3.43. The molecule has 0 bridgehead atoms. The highest BCUT2D eigenvalue weighted by Crippen LogP contribution is 2.42. The summed E-state index contributed by atoms with van der Waals surface area (Å²) in [5.41, 5.74) is 2.61. The van der Waals surface area contributed by atoms with Crippen LogP contribution in [-0.4, -0.2) is 16.1 Å². The van der Waals surface area contributed by atoms with E-state index in [9.17, 15) is 9.90 Å². The highest BCUT2D eigenvalue weighted by molar-refractivity contribution is 6.35. The smallest absolute Gasteiger partial charge is 0.336 e. The zero-order valence-electron chi connectivity index (χ0n) is 9.90. The van der Waals surface area contributed by atoms with Crippen molar-refractivity contribution in [3.63, 3.8) is 0 Å². The zero-order valence-corrected chi connectivity index (χ0v) is 10.7. The molecular formula is C14H12ClNO2. The molecule has 1 heterocycles. The molecule has 3 nitrogen and oxygen atoms in total. The number of pyridine rings is 1. The SMILES string of the molecule is Cc1c(C2CC2)nc2c(Cl)cccc2c1C(=O)O. The maximum atomic E-state index is 11.5. The van der Waals surface area contributed by atoms with Gasteiger partial charge in [0.1, 0.15) is 0 Å². The van der Waals surface area contributed by atoms with Crippen LogP contribution in [0.15, 0.2) is 18.2 Å². The van der Waals surface area contributed by atoms with Gasteiger partial charge < -0.3 is 5.11 Å². The molecule has 0 unspecified atom stereocenters. The van der Waals surface area contributed by atoms with Gasteiger partial charge in [0, 0.05) is 17.0 Å². The molecule has 2 aromatic rings. The average molecular weight is 262 g/mol. The van der Waals surface area contributed by atoms with Crippen LogP contribution in [-0.2, 0) is 0 Å². The minimum atomic E-state index is -0.913. The van der Waals surface area contributed by atoms with Crippen LogP contribution in [0.2, 0.25) is 5.02 Å². The normalized spacial score (nSPS) is 15.0. The topological polar surface area (TPSA) is 50.2 Å². The van der Waals surface area contributed by atoms with Crippen molar-refractivity contribution in [2.45, 2.75) is 25.7 Å². The molecule has 1 saturated carbocycles. The van der Waals surface area contributed by atoms with Crippen LogP contribution in [0.5, 0.6) is 0 Å². The number of fused-ring (bicyclic) bond motifs is 1. The summed E-state index contributed by atoms with van der Waals surface area (Å²) in [5, 5.41) is 10.5. The monoisotopic (exact) mass is 261 g/mol. The number of rotatable bonds is 2. The zero-order chi connectivity index (χ0) is 12.9. The van der Waals surface area contributed by atoms with E-state index in [4.69, 9.17) is 11.6 Å². The van der Waals surface area contributed by atoms with Gasteiger partial charge in [-0.25, -0.2) is 4.79 Å². The quantitative estimate of drug-likeness (QED) is 0.895. The van der Waals surface area contributed by atoms with Crippen LogP contribution in [0.1, 0.15) is 40.4 Å². The van der Waals surface area contributed by atoms with Crippen molar-refractivity contribution in [3.8, 4) is 0 Å². The number of aromatic carboxylic acids is 1. The van der Waals surface area contributed by atoms with E-state index in [2.05, 4.69) is 4.98 Å². The fourth-order valence-corrected chi connectivity index (χ4v) is 2.61. The van der Waals surface area contributed by atoms with Gasteiger partial charge in [-0.15, -0.1) is 0 Å². The molecule has 0 saturated heterocycles. The Bertz CT molecular complexity index is 662. The van der Waals surface area contributed by atoms with Crippen LogP contribution in [0.3, 0.4) is 0 Å². The number of hydrogen-bond acceptors (Lipinski definition) is 2. The molecule has 0 radical (unpaired) electrons. The number of benzene rings is 1. The summed E-state index contributed by atoms with van der Waals surface area (Å²) >= 11 is 6.13. The van der Waals surface area contributed by atoms with E-state index in [1.807, 2.05) is 6.92 Å². The Morgan fingerprint density at radius 1 is 1.44 bits per heavy atom. The van der Waals surface area contributed by atoms with E-state index in [-0.39, 0.29) is 0 Å². The number of hydrogen-bond donors (Lipinski definition) is 1. The Hall–Kier alpha value is -1.61. The van der Waals surface area contributed by atoms with E-state index in [0.29, 0.717) is 27.4 Å². The number of halogens is 1. The molecule has 1 aromatic carbocycles. The molecule has 1 N–H and O–H groups in total. The summed E-state index contributed by atoms with van der Waals surface area (Å²) in [7, 11) is 0. The van der Waals surface area contributed by atoms with Gasteiger partial charge in [-0.05, 0) is 31.4 Å². The third-order valence-corrected chi connectivity index (χ3v) is 3.73. The summed E-state index contributed by atoms with van der Waals surface area (Å²) in [6.45, 7) is 1.84. The predicted molar refractivity (Wildman–Crippen MR) is 70.4 cm³/mol. The van der Waals surface area contributed by atoms with Crippen LogP contribution in [0, 0.1) is 6.92 Å². The number of nitrogens with zero attached hydrogens (tertiary/aromatic N) is 1. The van der Waals surface area contributed by atoms with Crippen molar-refractivity contribution >= 4 is 28.5 Å². The van der Waals surface area contributed by atoms with Crippen molar-refractivity contribution < 1.29 is 9.90 Å². The summed E-state index contributed by atoms with van der Waals surface area (Å²) < 4.78 is 0. The van der Waals surface area contributed by atoms with Gasteiger partial charge in [-0.2, -0.15) is 0 Å². The highest BCUT2D eigenvalue weighted by atomic mass is 35.5. The second-order valence-corrected chi connectivity index (χ2v) is 5.12. The van der Waals surface area contributed by atoms with E-state index in [1.165, 1.54) is 0 Å². The Kier molecular flexibility index (Phi) is 2.52. The van der Waals surface area contributed by atoms with E-state index in [1.54, 1.807) is 18.2 Å². The molecule has 1 aliphatic carbocycles. The minimum Gasteiger partial charge on any atom is -0.478 e.